The molecule has 1 atom stereocenters. The van der Waals surface area contributed by atoms with Crippen molar-refractivity contribution in [3.8, 4) is 5.69 Å². The second-order valence-electron chi connectivity index (χ2n) is 5.46. The van der Waals surface area contributed by atoms with Crippen LogP contribution in [0.2, 0.25) is 0 Å². The van der Waals surface area contributed by atoms with Gasteiger partial charge in [0.25, 0.3) is 5.91 Å². The Morgan fingerprint density at radius 1 is 1.15 bits per heavy atom. The Balaban J connectivity index is 1.62. The number of esters is 1. The number of halogens is 2. The molecule has 1 amide bonds. The zero-order chi connectivity index (χ0) is 19.4. The zero-order valence-electron chi connectivity index (χ0n) is 14.0. The van der Waals surface area contributed by atoms with Gasteiger partial charge in [-0.3, -0.25) is 4.79 Å². The van der Waals surface area contributed by atoms with Crippen molar-refractivity contribution in [2.24, 2.45) is 0 Å². The summed E-state index contributed by atoms with van der Waals surface area (Å²) in [4.78, 5) is 24.2. The van der Waals surface area contributed by atoms with Crippen molar-refractivity contribution in [1.29, 1.82) is 0 Å². The summed E-state index contributed by atoms with van der Waals surface area (Å²) in [6, 6.07) is 8.90. The predicted octanol–water partition coefficient (Wildman–Crippen LogP) is 2.12. The minimum atomic E-state index is -1.19. The Bertz CT molecular complexity index is 961. The molecule has 0 saturated heterocycles. The standard InChI is InChI=1S/C17H13F2N5O3/c1-10(16(25)21-15-7-4-12(18)8-14(15)19)27-17(26)11-2-5-13(6-3-11)24-9-20-22-23-24/h2-10H,1H3,(H,21,25)/t10-/m1/s1. The third kappa shape index (κ3) is 4.29. The fraction of sp³-hybridized carbons (Fsp3) is 0.118. The molecule has 2 aromatic carbocycles. The minimum absolute atomic E-state index is 0.208. The third-order valence-electron chi connectivity index (χ3n) is 3.56. The van der Waals surface area contributed by atoms with Crippen molar-refractivity contribution in [3.63, 3.8) is 0 Å². The predicted molar refractivity (Wildman–Crippen MR) is 89.0 cm³/mol. The Morgan fingerprint density at radius 3 is 2.52 bits per heavy atom. The first-order valence-electron chi connectivity index (χ1n) is 7.74. The van der Waals surface area contributed by atoms with Crippen LogP contribution in [-0.4, -0.2) is 38.2 Å². The van der Waals surface area contributed by atoms with Gasteiger partial charge in [0.1, 0.15) is 18.0 Å². The highest BCUT2D eigenvalue weighted by Gasteiger charge is 2.20. The summed E-state index contributed by atoms with van der Waals surface area (Å²) in [5.74, 6) is -3.19. The monoisotopic (exact) mass is 373 g/mol. The lowest BCUT2D eigenvalue weighted by molar-refractivity contribution is -0.123. The third-order valence-corrected chi connectivity index (χ3v) is 3.56. The number of hydrogen-bond donors (Lipinski definition) is 1. The van der Waals surface area contributed by atoms with Crippen molar-refractivity contribution in [2.45, 2.75) is 13.0 Å². The quantitative estimate of drug-likeness (QED) is 0.688. The summed E-state index contributed by atoms with van der Waals surface area (Å²) in [6.45, 7) is 1.34. The summed E-state index contributed by atoms with van der Waals surface area (Å²) in [6.07, 6.45) is 0.204. The summed E-state index contributed by atoms with van der Waals surface area (Å²) in [5, 5.41) is 13.0. The molecule has 0 spiro atoms. The number of rotatable bonds is 5. The van der Waals surface area contributed by atoms with Crippen LogP contribution in [0.15, 0.2) is 48.8 Å². The van der Waals surface area contributed by atoms with E-state index in [1.165, 1.54) is 30.1 Å². The highest BCUT2D eigenvalue weighted by atomic mass is 19.1. The van der Waals surface area contributed by atoms with E-state index in [0.29, 0.717) is 11.8 Å². The van der Waals surface area contributed by atoms with Crippen LogP contribution in [0.3, 0.4) is 0 Å². The molecule has 0 radical (unpaired) electrons. The molecule has 3 rings (SSSR count). The number of tetrazole rings is 1. The van der Waals surface area contributed by atoms with E-state index in [2.05, 4.69) is 20.8 Å². The number of nitrogens with one attached hydrogen (secondary N) is 1. The number of nitrogens with zero attached hydrogens (tertiary/aromatic N) is 4. The maximum absolute atomic E-state index is 13.6. The Kier molecular flexibility index (Phi) is 5.15. The number of carbonyl (C=O) groups is 2. The molecule has 10 heteroatoms. The molecule has 27 heavy (non-hydrogen) atoms. The molecular weight excluding hydrogens is 360 g/mol. The summed E-state index contributed by atoms with van der Waals surface area (Å²) >= 11 is 0. The number of benzene rings is 2. The van der Waals surface area contributed by atoms with Gasteiger partial charge in [-0.2, -0.15) is 0 Å². The molecule has 1 aromatic heterocycles. The van der Waals surface area contributed by atoms with Crippen molar-refractivity contribution < 1.29 is 23.1 Å². The fourth-order valence-corrected chi connectivity index (χ4v) is 2.14. The molecule has 0 bridgehead atoms. The van der Waals surface area contributed by atoms with Crippen molar-refractivity contribution in [1.82, 2.24) is 20.2 Å². The van der Waals surface area contributed by atoms with Crippen molar-refractivity contribution >= 4 is 17.6 Å². The van der Waals surface area contributed by atoms with Gasteiger partial charge < -0.3 is 10.1 Å². The van der Waals surface area contributed by atoms with Crippen molar-refractivity contribution in [2.75, 3.05) is 5.32 Å². The smallest absolute Gasteiger partial charge is 0.338 e. The van der Waals surface area contributed by atoms with Crippen LogP contribution in [-0.2, 0) is 9.53 Å². The molecule has 138 valence electrons. The van der Waals surface area contributed by atoms with E-state index in [1.807, 2.05) is 0 Å². The van der Waals surface area contributed by atoms with Crippen LogP contribution >= 0.6 is 0 Å². The van der Waals surface area contributed by atoms with E-state index in [4.69, 9.17) is 4.74 Å². The van der Waals surface area contributed by atoms with E-state index in [9.17, 15) is 18.4 Å². The largest absolute Gasteiger partial charge is 0.449 e. The molecule has 0 fully saturated rings. The first-order chi connectivity index (χ1) is 12.9. The molecule has 0 aliphatic carbocycles. The van der Waals surface area contributed by atoms with Crippen LogP contribution < -0.4 is 5.32 Å². The van der Waals surface area contributed by atoms with Gasteiger partial charge in [-0.25, -0.2) is 18.3 Å². The van der Waals surface area contributed by atoms with Crippen LogP contribution in [0.25, 0.3) is 5.69 Å². The van der Waals surface area contributed by atoms with Gasteiger partial charge in [0.2, 0.25) is 0 Å². The lowest BCUT2D eigenvalue weighted by atomic mass is 10.2. The summed E-state index contributed by atoms with van der Waals surface area (Å²) in [5.41, 5.74) is 0.628. The lowest BCUT2D eigenvalue weighted by Crippen LogP contribution is -2.30. The molecule has 0 unspecified atom stereocenters. The van der Waals surface area contributed by atoms with Gasteiger partial charge in [-0.15, -0.1) is 5.10 Å². The molecule has 8 nitrogen and oxygen atoms in total. The average Bonchev–Trinajstić information content (AvgIpc) is 3.18. The first kappa shape index (κ1) is 18.1. The topological polar surface area (TPSA) is 99.0 Å². The number of anilines is 1. The number of amides is 1. The van der Waals surface area contributed by atoms with Gasteiger partial charge in [0, 0.05) is 6.07 Å². The normalized spacial score (nSPS) is 11.7. The Morgan fingerprint density at radius 2 is 1.89 bits per heavy atom. The highest BCUT2D eigenvalue weighted by Crippen LogP contribution is 2.16. The van der Waals surface area contributed by atoms with Gasteiger partial charge in [-0.1, -0.05) is 0 Å². The average molecular weight is 373 g/mol. The highest BCUT2D eigenvalue weighted by molar-refractivity contribution is 5.97. The number of carbonyl (C=O) groups excluding carboxylic acids is 2. The van der Waals surface area contributed by atoms with Crippen LogP contribution in [0.4, 0.5) is 14.5 Å². The van der Waals surface area contributed by atoms with Crippen LogP contribution in [0.1, 0.15) is 17.3 Å². The molecule has 3 aromatic rings. The van der Waals surface area contributed by atoms with Gasteiger partial charge >= 0.3 is 5.97 Å². The van der Waals surface area contributed by atoms with Gasteiger partial charge in [0.15, 0.2) is 6.10 Å². The maximum Gasteiger partial charge on any atom is 0.338 e. The van der Waals surface area contributed by atoms with E-state index < -0.39 is 29.6 Å². The molecule has 0 saturated carbocycles. The zero-order valence-corrected chi connectivity index (χ0v) is 14.0. The van der Waals surface area contributed by atoms with Crippen molar-refractivity contribution in [3.05, 3.63) is 66.0 Å². The minimum Gasteiger partial charge on any atom is -0.449 e. The SMILES string of the molecule is C[C@@H](OC(=O)c1ccc(-n2cnnn2)cc1)C(=O)Nc1ccc(F)cc1F. The second kappa shape index (κ2) is 7.68. The Hall–Kier alpha value is -3.69. The van der Waals surface area contributed by atoms with E-state index in [1.54, 1.807) is 12.1 Å². The molecule has 1 heterocycles. The fourth-order valence-electron chi connectivity index (χ4n) is 2.14. The molecule has 1 N–H and O–H groups in total. The molecule has 0 aliphatic rings. The molecule has 0 aliphatic heterocycles. The van der Waals surface area contributed by atoms with E-state index >= 15 is 0 Å². The molecular formula is C17H13F2N5O3. The lowest BCUT2D eigenvalue weighted by Gasteiger charge is -2.14. The van der Waals surface area contributed by atoms with Gasteiger partial charge in [0.05, 0.1) is 16.9 Å². The Labute approximate surface area is 151 Å². The summed E-state index contributed by atoms with van der Waals surface area (Å²) < 4.78 is 32.9. The maximum atomic E-state index is 13.6. The van der Waals surface area contributed by atoms with E-state index in [-0.39, 0.29) is 11.3 Å². The second-order valence-corrected chi connectivity index (χ2v) is 5.46. The van der Waals surface area contributed by atoms with E-state index in [0.717, 1.165) is 12.1 Å². The summed E-state index contributed by atoms with van der Waals surface area (Å²) in [7, 11) is 0. The number of hydrogen-bond acceptors (Lipinski definition) is 6. The van der Waals surface area contributed by atoms with Gasteiger partial charge in [-0.05, 0) is 53.7 Å². The number of ether oxygens (including phenoxy) is 1. The van der Waals surface area contributed by atoms with Crippen LogP contribution in [0.5, 0.6) is 0 Å². The first-order valence-corrected chi connectivity index (χ1v) is 7.74. The number of aromatic nitrogens is 4. The van der Waals surface area contributed by atoms with Crippen LogP contribution in [0, 0.1) is 11.6 Å².